The summed E-state index contributed by atoms with van der Waals surface area (Å²) in [4.78, 5) is 25.4. The molecular weight excluding hydrogens is 364 g/mol. The van der Waals surface area contributed by atoms with Gasteiger partial charge in [0.25, 0.3) is 5.89 Å². The average Bonchev–Trinajstić information content (AvgIpc) is 3.39. The second kappa shape index (κ2) is 5.78. The maximum absolute atomic E-state index is 12.0. The molecule has 0 aliphatic carbocycles. The Balaban J connectivity index is 1.53. The first-order valence-electron chi connectivity index (χ1n) is 8.25. The first-order valence-corrected chi connectivity index (χ1v) is 9.07. The van der Waals surface area contributed by atoms with Crippen LogP contribution in [-0.4, -0.2) is 29.1 Å². The van der Waals surface area contributed by atoms with Crippen LogP contribution in [0.3, 0.4) is 0 Å². The number of nitrogens with zero attached hydrogens (tertiary/aromatic N) is 5. The molecule has 0 atom stereocenters. The summed E-state index contributed by atoms with van der Waals surface area (Å²) in [7, 11) is 0. The Morgan fingerprint density at radius 2 is 2.07 bits per heavy atom. The van der Waals surface area contributed by atoms with Gasteiger partial charge in [-0.3, -0.25) is 8.97 Å². The van der Waals surface area contributed by atoms with Crippen molar-refractivity contribution in [1.82, 2.24) is 29.1 Å². The molecule has 0 bridgehead atoms. The maximum atomic E-state index is 12.0. The van der Waals surface area contributed by atoms with Crippen molar-refractivity contribution in [3.63, 3.8) is 0 Å². The number of hydrogen-bond donors (Lipinski definition) is 1. The number of aryl methyl sites for hydroxylation is 2. The van der Waals surface area contributed by atoms with E-state index < -0.39 is 0 Å². The quantitative estimate of drug-likeness (QED) is 0.520. The fourth-order valence-corrected chi connectivity index (χ4v) is 3.95. The third-order valence-electron chi connectivity index (χ3n) is 4.24. The average molecular weight is 378 g/mol. The Bertz CT molecular complexity index is 1300. The molecule has 0 saturated carbocycles. The molecule has 0 fully saturated rings. The van der Waals surface area contributed by atoms with E-state index in [0.717, 1.165) is 32.5 Å². The molecule has 4 aromatic heterocycles. The van der Waals surface area contributed by atoms with Gasteiger partial charge in [-0.15, -0.1) is 0 Å². The van der Waals surface area contributed by atoms with Gasteiger partial charge in [0.2, 0.25) is 5.82 Å². The van der Waals surface area contributed by atoms with Gasteiger partial charge in [-0.1, -0.05) is 28.6 Å². The standard InChI is InChI=1S/C18H14N6O2S/c1-10-8-23-9-14(27-18(23)20-10)16-21-15(22-26-16)12-4-3-5-13(6-12)24-11(2)7-19-17(24)25/h3-9H,1-2H3,(H,19,25). The van der Waals surface area contributed by atoms with Gasteiger partial charge < -0.3 is 9.51 Å². The molecule has 4 heterocycles. The highest BCUT2D eigenvalue weighted by molar-refractivity contribution is 7.20. The number of nitrogens with one attached hydrogen (secondary N) is 1. The lowest BCUT2D eigenvalue weighted by molar-refractivity contribution is 0.433. The number of H-pyrrole nitrogens is 1. The molecule has 5 rings (SSSR count). The number of imidazole rings is 2. The third-order valence-corrected chi connectivity index (χ3v) is 5.22. The molecule has 0 amide bonds. The Morgan fingerprint density at radius 3 is 2.85 bits per heavy atom. The lowest BCUT2D eigenvalue weighted by atomic mass is 10.2. The third kappa shape index (κ3) is 2.59. The molecule has 8 nitrogen and oxygen atoms in total. The maximum Gasteiger partial charge on any atom is 0.330 e. The van der Waals surface area contributed by atoms with Gasteiger partial charge in [-0.25, -0.2) is 9.78 Å². The Hall–Kier alpha value is -3.46. The van der Waals surface area contributed by atoms with E-state index in [9.17, 15) is 4.79 Å². The van der Waals surface area contributed by atoms with E-state index in [1.165, 1.54) is 11.3 Å². The van der Waals surface area contributed by atoms with Crippen molar-refractivity contribution < 1.29 is 4.52 Å². The summed E-state index contributed by atoms with van der Waals surface area (Å²) in [6.07, 6.45) is 5.56. The number of fused-ring (bicyclic) bond motifs is 1. The first-order chi connectivity index (χ1) is 13.1. The fourth-order valence-electron chi connectivity index (χ4n) is 3.01. The van der Waals surface area contributed by atoms with Gasteiger partial charge in [0.05, 0.1) is 11.4 Å². The summed E-state index contributed by atoms with van der Waals surface area (Å²) in [6, 6.07) is 7.47. The minimum absolute atomic E-state index is 0.185. The van der Waals surface area contributed by atoms with Crippen molar-refractivity contribution in [2.24, 2.45) is 0 Å². The molecular formula is C18H14N6O2S. The molecule has 0 aliphatic heterocycles. The first kappa shape index (κ1) is 15.8. The zero-order chi connectivity index (χ0) is 18.5. The van der Waals surface area contributed by atoms with Crippen LogP contribution in [0.2, 0.25) is 0 Å². The number of aromatic amines is 1. The van der Waals surface area contributed by atoms with Crippen LogP contribution in [0.4, 0.5) is 0 Å². The SMILES string of the molecule is Cc1cn2cc(-c3nc(-c4cccc(-n5c(C)c[nH]c5=O)c4)no3)sc2n1. The largest absolute Gasteiger partial charge is 0.333 e. The molecule has 27 heavy (non-hydrogen) atoms. The molecule has 0 spiro atoms. The molecule has 134 valence electrons. The summed E-state index contributed by atoms with van der Waals surface area (Å²) in [5.74, 6) is 0.911. The van der Waals surface area contributed by atoms with Crippen LogP contribution in [0, 0.1) is 13.8 Å². The second-order valence-corrected chi connectivity index (χ2v) is 7.22. The Labute approximate surface area is 156 Å². The topological polar surface area (TPSA) is 94.0 Å². The van der Waals surface area contributed by atoms with E-state index in [4.69, 9.17) is 4.52 Å². The highest BCUT2D eigenvalue weighted by Gasteiger charge is 2.15. The number of rotatable bonds is 3. The van der Waals surface area contributed by atoms with Crippen molar-refractivity contribution in [3.05, 3.63) is 64.7 Å². The lowest BCUT2D eigenvalue weighted by Gasteiger charge is -2.04. The van der Waals surface area contributed by atoms with Crippen LogP contribution in [0.25, 0.3) is 32.8 Å². The van der Waals surface area contributed by atoms with Gasteiger partial charge in [0, 0.05) is 29.8 Å². The molecule has 0 saturated heterocycles. The molecule has 0 unspecified atom stereocenters. The Kier molecular flexibility index (Phi) is 3.37. The van der Waals surface area contributed by atoms with Crippen LogP contribution in [0.1, 0.15) is 11.4 Å². The van der Waals surface area contributed by atoms with Crippen molar-refractivity contribution in [2.75, 3.05) is 0 Å². The van der Waals surface area contributed by atoms with Gasteiger partial charge in [-0.2, -0.15) is 4.98 Å². The van der Waals surface area contributed by atoms with Crippen molar-refractivity contribution in [3.8, 4) is 27.8 Å². The second-order valence-electron chi connectivity index (χ2n) is 6.21. The predicted octanol–water partition coefficient (Wildman–Crippen LogP) is 3.21. The summed E-state index contributed by atoms with van der Waals surface area (Å²) in [5, 5.41) is 4.10. The molecule has 0 radical (unpaired) electrons. The minimum atomic E-state index is -0.185. The van der Waals surface area contributed by atoms with Gasteiger partial charge in [-0.05, 0) is 26.0 Å². The summed E-state index contributed by atoms with van der Waals surface area (Å²) in [6.45, 7) is 3.82. The monoisotopic (exact) mass is 378 g/mol. The smallest absolute Gasteiger partial charge is 0.330 e. The number of thiazole rings is 1. The van der Waals surface area contributed by atoms with Gasteiger partial charge >= 0.3 is 5.69 Å². The van der Waals surface area contributed by atoms with Crippen LogP contribution < -0.4 is 5.69 Å². The van der Waals surface area contributed by atoms with Crippen LogP contribution in [0.5, 0.6) is 0 Å². The van der Waals surface area contributed by atoms with Crippen LogP contribution >= 0.6 is 11.3 Å². The van der Waals surface area contributed by atoms with Crippen molar-refractivity contribution in [1.29, 1.82) is 0 Å². The minimum Gasteiger partial charge on any atom is -0.333 e. The number of aromatic nitrogens is 6. The summed E-state index contributed by atoms with van der Waals surface area (Å²) in [5.41, 5.74) is 3.12. The predicted molar refractivity (Wildman–Crippen MR) is 101 cm³/mol. The molecule has 0 aliphatic rings. The van der Waals surface area contributed by atoms with Crippen LogP contribution in [-0.2, 0) is 0 Å². The van der Waals surface area contributed by atoms with Gasteiger partial charge in [0.15, 0.2) is 4.96 Å². The molecule has 5 aromatic rings. The highest BCUT2D eigenvalue weighted by Crippen LogP contribution is 2.29. The zero-order valence-corrected chi connectivity index (χ0v) is 15.3. The molecule has 1 N–H and O–H groups in total. The van der Waals surface area contributed by atoms with E-state index in [0.29, 0.717) is 11.7 Å². The van der Waals surface area contributed by atoms with E-state index in [2.05, 4.69) is 20.1 Å². The van der Waals surface area contributed by atoms with E-state index in [-0.39, 0.29) is 5.69 Å². The fraction of sp³-hybridized carbons (Fsp3) is 0.111. The molecule has 9 heteroatoms. The lowest BCUT2D eigenvalue weighted by Crippen LogP contribution is -2.15. The van der Waals surface area contributed by atoms with E-state index in [1.54, 1.807) is 10.8 Å². The van der Waals surface area contributed by atoms with E-state index in [1.807, 2.05) is 54.9 Å². The normalized spacial score (nSPS) is 11.5. The highest BCUT2D eigenvalue weighted by atomic mass is 32.1. The number of benzene rings is 1. The molecule has 1 aromatic carbocycles. The Morgan fingerprint density at radius 1 is 1.19 bits per heavy atom. The number of hydrogen-bond acceptors (Lipinski definition) is 6. The van der Waals surface area contributed by atoms with Gasteiger partial charge in [0.1, 0.15) is 4.88 Å². The van der Waals surface area contributed by atoms with E-state index >= 15 is 0 Å². The summed E-state index contributed by atoms with van der Waals surface area (Å²) >= 11 is 1.49. The van der Waals surface area contributed by atoms with Crippen molar-refractivity contribution >= 4 is 16.3 Å². The van der Waals surface area contributed by atoms with Crippen molar-refractivity contribution in [2.45, 2.75) is 13.8 Å². The van der Waals surface area contributed by atoms with Crippen LogP contribution in [0.15, 0.2) is 52.2 Å². The zero-order valence-electron chi connectivity index (χ0n) is 14.5. The summed E-state index contributed by atoms with van der Waals surface area (Å²) < 4.78 is 8.99.